The first-order chi connectivity index (χ1) is 7.52. The van der Waals surface area contributed by atoms with Gasteiger partial charge in [0.1, 0.15) is 0 Å². The largest absolute Gasteiger partial charge is 0.387 e. The van der Waals surface area contributed by atoms with Gasteiger partial charge in [-0.25, -0.2) is 0 Å². The second kappa shape index (κ2) is 6.02. The van der Waals surface area contributed by atoms with Crippen molar-refractivity contribution in [3.05, 3.63) is 35.9 Å². The molecule has 0 bridgehead atoms. The molecule has 0 aromatic heterocycles. The highest BCUT2D eigenvalue weighted by Gasteiger charge is 2.24. The fraction of sp³-hybridized carbons (Fsp3) is 0.571. The van der Waals surface area contributed by atoms with Crippen molar-refractivity contribution in [1.82, 2.24) is 5.32 Å². The van der Waals surface area contributed by atoms with Crippen LogP contribution in [-0.2, 0) is 0 Å². The Hall–Kier alpha value is -0.860. The zero-order chi connectivity index (χ0) is 12.1. The molecule has 0 fully saturated rings. The average molecular weight is 221 g/mol. The SMILES string of the molecule is CC(C)NC(C(C)C)C(O)c1ccccc1. The molecule has 0 aliphatic heterocycles. The second-order valence-electron chi connectivity index (χ2n) is 4.95. The third-order valence-corrected chi connectivity index (χ3v) is 2.73. The summed E-state index contributed by atoms with van der Waals surface area (Å²) in [6.07, 6.45) is -0.441. The summed E-state index contributed by atoms with van der Waals surface area (Å²) >= 11 is 0. The van der Waals surface area contributed by atoms with E-state index in [1.807, 2.05) is 30.3 Å². The summed E-state index contributed by atoms with van der Waals surface area (Å²) in [6, 6.07) is 10.3. The fourth-order valence-corrected chi connectivity index (χ4v) is 1.89. The summed E-state index contributed by atoms with van der Waals surface area (Å²) in [5.41, 5.74) is 0.981. The normalized spacial score (nSPS) is 15.4. The average Bonchev–Trinajstić information content (AvgIpc) is 2.25. The zero-order valence-electron chi connectivity index (χ0n) is 10.6. The van der Waals surface area contributed by atoms with Crippen LogP contribution in [0.2, 0.25) is 0 Å². The summed E-state index contributed by atoms with van der Waals surface area (Å²) in [6.45, 7) is 8.47. The van der Waals surface area contributed by atoms with E-state index in [0.29, 0.717) is 12.0 Å². The van der Waals surface area contributed by atoms with E-state index in [4.69, 9.17) is 0 Å². The number of hydrogen-bond acceptors (Lipinski definition) is 2. The molecule has 0 saturated carbocycles. The highest BCUT2D eigenvalue weighted by Crippen LogP contribution is 2.21. The smallest absolute Gasteiger partial charge is 0.0945 e. The summed E-state index contributed by atoms with van der Waals surface area (Å²) in [5.74, 6) is 0.401. The second-order valence-corrected chi connectivity index (χ2v) is 4.95. The maximum atomic E-state index is 10.3. The van der Waals surface area contributed by atoms with Crippen molar-refractivity contribution in [3.8, 4) is 0 Å². The van der Waals surface area contributed by atoms with E-state index in [-0.39, 0.29) is 6.04 Å². The Morgan fingerprint density at radius 1 is 1.00 bits per heavy atom. The number of rotatable bonds is 5. The Labute approximate surface area is 98.7 Å². The third kappa shape index (κ3) is 3.62. The Kier molecular flexibility index (Phi) is 4.97. The van der Waals surface area contributed by atoms with Crippen LogP contribution in [0.15, 0.2) is 30.3 Å². The predicted molar refractivity (Wildman–Crippen MR) is 68.3 cm³/mol. The first kappa shape index (κ1) is 13.2. The molecule has 0 spiro atoms. The lowest BCUT2D eigenvalue weighted by Gasteiger charge is -2.29. The monoisotopic (exact) mass is 221 g/mol. The van der Waals surface area contributed by atoms with E-state index >= 15 is 0 Å². The van der Waals surface area contributed by atoms with Gasteiger partial charge in [0, 0.05) is 12.1 Å². The molecule has 2 atom stereocenters. The molecular formula is C14H23NO. The molecule has 0 heterocycles. The van der Waals surface area contributed by atoms with Gasteiger partial charge >= 0.3 is 0 Å². The van der Waals surface area contributed by atoms with E-state index in [0.717, 1.165) is 5.56 Å². The Bertz CT molecular complexity index is 295. The first-order valence-corrected chi connectivity index (χ1v) is 6.01. The minimum Gasteiger partial charge on any atom is -0.387 e. The first-order valence-electron chi connectivity index (χ1n) is 6.01. The van der Waals surface area contributed by atoms with E-state index in [1.54, 1.807) is 0 Å². The van der Waals surface area contributed by atoms with Crippen LogP contribution in [0.25, 0.3) is 0 Å². The molecule has 0 aliphatic rings. The molecule has 0 aliphatic carbocycles. The van der Waals surface area contributed by atoms with Crippen molar-refractivity contribution >= 4 is 0 Å². The predicted octanol–water partition coefficient (Wildman–Crippen LogP) is 2.74. The molecule has 0 amide bonds. The minimum atomic E-state index is -0.441. The summed E-state index contributed by atoms with van der Waals surface area (Å²) in [7, 11) is 0. The molecule has 1 rings (SSSR count). The molecule has 1 aromatic carbocycles. The highest BCUT2D eigenvalue weighted by molar-refractivity contribution is 5.19. The maximum absolute atomic E-state index is 10.3. The van der Waals surface area contributed by atoms with Crippen molar-refractivity contribution in [3.63, 3.8) is 0 Å². The van der Waals surface area contributed by atoms with Crippen molar-refractivity contribution in [2.45, 2.75) is 45.9 Å². The van der Waals surface area contributed by atoms with Crippen LogP contribution in [0.3, 0.4) is 0 Å². The van der Waals surface area contributed by atoms with E-state index in [1.165, 1.54) is 0 Å². The quantitative estimate of drug-likeness (QED) is 0.801. The number of aliphatic hydroxyl groups excluding tert-OH is 1. The molecule has 1 aromatic rings. The molecule has 2 unspecified atom stereocenters. The van der Waals surface area contributed by atoms with Gasteiger partial charge in [-0.3, -0.25) is 0 Å². The topological polar surface area (TPSA) is 32.3 Å². The van der Waals surface area contributed by atoms with Gasteiger partial charge in [0.15, 0.2) is 0 Å². The van der Waals surface area contributed by atoms with Crippen LogP contribution >= 0.6 is 0 Å². The lowest BCUT2D eigenvalue weighted by atomic mass is 9.93. The van der Waals surface area contributed by atoms with Gasteiger partial charge in [0.05, 0.1) is 6.10 Å². The summed E-state index contributed by atoms with van der Waals surface area (Å²) in [4.78, 5) is 0. The standard InChI is InChI=1S/C14H23NO/c1-10(2)13(15-11(3)4)14(16)12-8-6-5-7-9-12/h5-11,13-16H,1-4H3. The molecule has 0 radical (unpaired) electrons. The zero-order valence-corrected chi connectivity index (χ0v) is 10.6. The van der Waals surface area contributed by atoms with Crippen molar-refractivity contribution in [2.24, 2.45) is 5.92 Å². The fourth-order valence-electron chi connectivity index (χ4n) is 1.89. The number of hydrogen-bond donors (Lipinski definition) is 2. The Morgan fingerprint density at radius 3 is 2.00 bits per heavy atom. The number of nitrogens with one attached hydrogen (secondary N) is 1. The van der Waals surface area contributed by atoms with Crippen molar-refractivity contribution < 1.29 is 5.11 Å². The third-order valence-electron chi connectivity index (χ3n) is 2.73. The van der Waals surface area contributed by atoms with E-state index in [9.17, 15) is 5.11 Å². The lowest BCUT2D eigenvalue weighted by molar-refractivity contribution is 0.100. The molecule has 16 heavy (non-hydrogen) atoms. The van der Waals surface area contributed by atoms with Gasteiger partial charge in [-0.15, -0.1) is 0 Å². The molecule has 0 saturated heterocycles. The van der Waals surface area contributed by atoms with Crippen LogP contribution in [-0.4, -0.2) is 17.2 Å². The molecule has 2 N–H and O–H groups in total. The van der Waals surface area contributed by atoms with Crippen LogP contribution in [0.1, 0.15) is 39.4 Å². The van der Waals surface area contributed by atoms with Crippen LogP contribution in [0.5, 0.6) is 0 Å². The highest BCUT2D eigenvalue weighted by atomic mass is 16.3. The minimum absolute atomic E-state index is 0.0994. The molecule has 2 heteroatoms. The van der Waals surface area contributed by atoms with Gasteiger partial charge in [-0.1, -0.05) is 58.0 Å². The van der Waals surface area contributed by atoms with E-state index in [2.05, 4.69) is 33.0 Å². The van der Waals surface area contributed by atoms with Crippen molar-refractivity contribution in [1.29, 1.82) is 0 Å². The van der Waals surface area contributed by atoms with E-state index < -0.39 is 6.10 Å². The molecule has 2 nitrogen and oxygen atoms in total. The summed E-state index contributed by atoms with van der Waals surface area (Å²) < 4.78 is 0. The maximum Gasteiger partial charge on any atom is 0.0945 e. The van der Waals surface area contributed by atoms with Crippen LogP contribution in [0, 0.1) is 5.92 Å². The van der Waals surface area contributed by atoms with Crippen LogP contribution in [0.4, 0.5) is 0 Å². The van der Waals surface area contributed by atoms with Gasteiger partial charge in [-0.2, -0.15) is 0 Å². The van der Waals surface area contributed by atoms with Crippen molar-refractivity contribution in [2.75, 3.05) is 0 Å². The Balaban J connectivity index is 2.79. The lowest BCUT2D eigenvalue weighted by Crippen LogP contribution is -2.42. The van der Waals surface area contributed by atoms with Gasteiger partial charge in [0.2, 0.25) is 0 Å². The van der Waals surface area contributed by atoms with Gasteiger partial charge in [0.25, 0.3) is 0 Å². The Morgan fingerprint density at radius 2 is 1.56 bits per heavy atom. The number of benzene rings is 1. The van der Waals surface area contributed by atoms with Crippen LogP contribution < -0.4 is 5.32 Å². The molecule has 90 valence electrons. The molecular weight excluding hydrogens is 198 g/mol. The van der Waals surface area contributed by atoms with Gasteiger partial charge in [-0.05, 0) is 11.5 Å². The number of aliphatic hydroxyl groups is 1. The summed E-state index contributed by atoms with van der Waals surface area (Å²) in [5, 5.41) is 13.8. The van der Waals surface area contributed by atoms with Gasteiger partial charge < -0.3 is 10.4 Å².